The first-order chi connectivity index (χ1) is 9.81. The van der Waals surface area contributed by atoms with Crippen LogP contribution in [-0.2, 0) is 17.6 Å². The number of aromatic nitrogens is 1. The van der Waals surface area contributed by atoms with Crippen LogP contribution in [0.25, 0.3) is 0 Å². The van der Waals surface area contributed by atoms with E-state index in [-0.39, 0.29) is 5.91 Å². The van der Waals surface area contributed by atoms with Crippen LogP contribution in [-0.4, -0.2) is 23.5 Å². The summed E-state index contributed by atoms with van der Waals surface area (Å²) in [7, 11) is 0. The quantitative estimate of drug-likeness (QED) is 0.901. The number of carbonyl (C=O) groups excluding carboxylic acids is 1. The lowest BCUT2D eigenvalue weighted by atomic mass is 10.0. The van der Waals surface area contributed by atoms with E-state index in [1.54, 1.807) is 11.3 Å². The highest BCUT2D eigenvalue weighted by Crippen LogP contribution is 2.28. The molecule has 1 atom stereocenters. The van der Waals surface area contributed by atoms with Gasteiger partial charge in [0.15, 0.2) is 5.13 Å². The number of nitrogens with zero attached hydrogens (tertiary/aromatic N) is 1. The summed E-state index contributed by atoms with van der Waals surface area (Å²) in [4.78, 5) is 18.1. The number of hydrogen-bond donors (Lipinski definition) is 2. The van der Waals surface area contributed by atoms with Crippen LogP contribution in [0.5, 0.6) is 0 Å². The van der Waals surface area contributed by atoms with Gasteiger partial charge in [-0.15, -0.1) is 11.3 Å². The maximum absolute atomic E-state index is 12.0. The summed E-state index contributed by atoms with van der Waals surface area (Å²) in [6.45, 7) is 1.05. The number of aryl methyl sites for hydroxylation is 2. The van der Waals surface area contributed by atoms with Gasteiger partial charge in [-0.3, -0.25) is 4.79 Å². The van der Waals surface area contributed by atoms with Gasteiger partial charge in [0.1, 0.15) is 0 Å². The lowest BCUT2D eigenvalue weighted by Gasteiger charge is -2.08. The summed E-state index contributed by atoms with van der Waals surface area (Å²) in [6, 6.07) is 0.357. The minimum absolute atomic E-state index is 0.103. The first-order valence-electron chi connectivity index (χ1n) is 7.83. The van der Waals surface area contributed by atoms with Gasteiger partial charge < -0.3 is 10.6 Å². The minimum Gasteiger partial charge on any atom is -0.313 e. The van der Waals surface area contributed by atoms with Crippen molar-refractivity contribution in [2.45, 2.75) is 63.8 Å². The van der Waals surface area contributed by atoms with Gasteiger partial charge in [-0.05, 0) is 45.1 Å². The molecule has 0 saturated carbocycles. The molecule has 1 amide bonds. The zero-order valence-corrected chi connectivity index (χ0v) is 12.7. The highest BCUT2D eigenvalue weighted by atomic mass is 32.1. The molecule has 1 unspecified atom stereocenters. The zero-order valence-electron chi connectivity index (χ0n) is 11.9. The van der Waals surface area contributed by atoms with Crippen molar-refractivity contribution in [2.75, 3.05) is 11.9 Å². The number of amides is 1. The van der Waals surface area contributed by atoms with Gasteiger partial charge in [0.05, 0.1) is 5.69 Å². The molecule has 2 N–H and O–H groups in total. The molecular weight excluding hydrogens is 270 g/mol. The molecule has 1 fully saturated rings. The zero-order chi connectivity index (χ0) is 13.8. The Morgan fingerprint density at radius 2 is 2.10 bits per heavy atom. The Morgan fingerprint density at radius 3 is 2.90 bits per heavy atom. The van der Waals surface area contributed by atoms with E-state index in [9.17, 15) is 4.79 Å². The Hall–Kier alpha value is -0.940. The predicted octanol–water partition coefficient (Wildman–Crippen LogP) is 2.88. The predicted molar refractivity (Wildman–Crippen MR) is 82.3 cm³/mol. The summed E-state index contributed by atoms with van der Waals surface area (Å²) in [5.41, 5.74) is 1.23. The Bertz CT molecular complexity index is 440. The Morgan fingerprint density at radius 1 is 1.25 bits per heavy atom. The van der Waals surface area contributed by atoms with Crippen molar-refractivity contribution >= 4 is 22.4 Å². The Labute approximate surface area is 124 Å². The lowest BCUT2D eigenvalue weighted by Crippen LogP contribution is -2.27. The highest BCUT2D eigenvalue weighted by molar-refractivity contribution is 7.15. The van der Waals surface area contributed by atoms with E-state index in [4.69, 9.17) is 0 Å². The van der Waals surface area contributed by atoms with Crippen LogP contribution in [0, 0.1) is 0 Å². The third-order valence-corrected chi connectivity index (χ3v) is 5.26. The van der Waals surface area contributed by atoms with E-state index >= 15 is 0 Å². The van der Waals surface area contributed by atoms with Crippen LogP contribution < -0.4 is 10.6 Å². The fourth-order valence-electron chi connectivity index (χ4n) is 3.08. The summed E-state index contributed by atoms with van der Waals surface area (Å²) in [5.74, 6) is 0.103. The second-order valence-corrected chi connectivity index (χ2v) is 6.93. The third kappa shape index (κ3) is 3.58. The number of anilines is 1. The summed E-state index contributed by atoms with van der Waals surface area (Å²) in [5, 5.41) is 7.16. The molecule has 20 heavy (non-hydrogen) atoms. The number of thiazole rings is 1. The average molecular weight is 293 g/mol. The molecule has 0 bridgehead atoms. The van der Waals surface area contributed by atoms with E-state index in [1.807, 2.05) is 0 Å². The monoisotopic (exact) mass is 293 g/mol. The number of fused-ring (bicyclic) bond motifs is 1. The second kappa shape index (κ2) is 6.68. The van der Waals surface area contributed by atoms with Gasteiger partial charge in [0.2, 0.25) is 5.91 Å². The molecule has 110 valence electrons. The van der Waals surface area contributed by atoms with Gasteiger partial charge in [-0.1, -0.05) is 12.8 Å². The van der Waals surface area contributed by atoms with Crippen LogP contribution in [0.4, 0.5) is 5.13 Å². The molecule has 1 aliphatic carbocycles. The van der Waals surface area contributed by atoms with Crippen LogP contribution in [0.3, 0.4) is 0 Å². The normalized spacial score (nSPS) is 22.9. The number of hydrogen-bond acceptors (Lipinski definition) is 4. The van der Waals surface area contributed by atoms with Crippen molar-refractivity contribution in [3.63, 3.8) is 0 Å². The number of carbonyl (C=O) groups is 1. The Kier molecular flexibility index (Phi) is 4.68. The molecule has 2 heterocycles. The van der Waals surface area contributed by atoms with Crippen LogP contribution in [0.1, 0.15) is 55.5 Å². The smallest absolute Gasteiger partial charge is 0.227 e. The minimum atomic E-state index is 0.103. The fraction of sp³-hybridized carbons (Fsp3) is 0.733. The fourth-order valence-corrected chi connectivity index (χ4v) is 4.15. The van der Waals surface area contributed by atoms with Crippen molar-refractivity contribution in [1.82, 2.24) is 10.3 Å². The summed E-state index contributed by atoms with van der Waals surface area (Å²) < 4.78 is 0. The van der Waals surface area contributed by atoms with Gasteiger partial charge in [0, 0.05) is 17.3 Å². The number of nitrogens with one attached hydrogen (secondary N) is 2. The van der Waals surface area contributed by atoms with Crippen molar-refractivity contribution in [1.29, 1.82) is 0 Å². The maximum atomic E-state index is 12.0. The summed E-state index contributed by atoms with van der Waals surface area (Å²) >= 11 is 1.68. The molecule has 1 saturated heterocycles. The standard InChI is InChI=1S/C15H23N3OS/c19-14(10-11-6-5-9-16-11)18-15-17-12-7-3-1-2-4-8-13(12)20-15/h11,16H,1-10H2,(H,17,18,19). The highest BCUT2D eigenvalue weighted by Gasteiger charge is 2.19. The first kappa shape index (κ1) is 14.0. The molecule has 0 aromatic carbocycles. The molecule has 1 aromatic heterocycles. The lowest BCUT2D eigenvalue weighted by molar-refractivity contribution is -0.116. The summed E-state index contributed by atoms with van der Waals surface area (Å²) in [6.07, 6.45) is 10.2. The van der Waals surface area contributed by atoms with Gasteiger partial charge in [-0.2, -0.15) is 0 Å². The first-order valence-corrected chi connectivity index (χ1v) is 8.65. The van der Waals surface area contributed by atoms with Gasteiger partial charge >= 0.3 is 0 Å². The van der Waals surface area contributed by atoms with E-state index in [1.165, 1.54) is 42.7 Å². The van der Waals surface area contributed by atoms with Gasteiger partial charge in [-0.25, -0.2) is 4.98 Å². The van der Waals surface area contributed by atoms with Crippen LogP contribution in [0.15, 0.2) is 0 Å². The molecule has 0 spiro atoms. The molecule has 4 nitrogen and oxygen atoms in total. The molecule has 1 aromatic rings. The Balaban J connectivity index is 1.59. The molecule has 5 heteroatoms. The molecule has 3 rings (SSSR count). The van der Waals surface area contributed by atoms with Crippen molar-refractivity contribution in [2.24, 2.45) is 0 Å². The van der Waals surface area contributed by atoms with E-state index in [0.717, 1.165) is 30.9 Å². The molecular formula is C15H23N3OS. The average Bonchev–Trinajstić information content (AvgIpc) is 3.00. The van der Waals surface area contributed by atoms with E-state index in [0.29, 0.717) is 12.5 Å². The van der Waals surface area contributed by atoms with E-state index in [2.05, 4.69) is 15.6 Å². The van der Waals surface area contributed by atoms with Crippen LogP contribution in [0.2, 0.25) is 0 Å². The van der Waals surface area contributed by atoms with Gasteiger partial charge in [0.25, 0.3) is 0 Å². The maximum Gasteiger partial charge on any atom is 0.227 e. The van der Waals surface area contributed by atoms with Crippen molar-refractivity contribution < 1.29 is 4.79 Å². The van der Waals surface area contributed by atoms with Crippen molar-refractivity contribution in [3.8, 4) is 0 Å². The number of rotatable bonds is 3. The third-order valence-electron chi connectivity index (χ3n) is 4.19. The van der Waals surface area contributed by atoms with E-state index < -0.39 is 0 Å². The van der Waals surface area contributed by atoms with Crippen molar-refractivity contribution in [3.05, 3.63) is 10.6 Å². The molecule has 2 aliphatic rings. The molecule has 1 aliphatic heterocycles. The molecule has 0 radical (unpaired) electrons. The SMILES string of the molecule is O=C(CC1CCCN1)Nc1nc2c(s1)CCCCCC2. The topological polar surface area (TPSA) is 54.0 Å². The van der Waals surface area contributed by atoms with Crippen LogP contribution >= 0.6 is 11.3 Å². The second-order valence-electron chi connectivity index (χ2n) is 5.85. The largest absolute Gasteiger partial charge is 0.313 e.